The lowest BCUT2D eigenvalue weighted by atomic mass is 10.2. The third kappa shape index (κ3) is 7.14. The van der Waals surface area contributed by atoms with Crippen LogP contribution in [0, 0.1) is 6.92 Å². The molecule has 3 rings (SSSR count). The molecule has 3 aromatic carbocycles. The average molecular weight is 490 g/mol. The lowest BCUT2D eigenvalue weighted by Crippen LogP contribution is -2.22. The second kappa shape index (κ2) is 10.9. The molecule has 3 N–H and O–H groups in total. The van der Waals surface area contributed by atoms with E-state index >= 15 is 0 Å². The molecule has 0 aromatic heterocycles. The predicted molar refractivity (Wildman–Crippen MR) is 138 cm³/mol. The molecule has 31 heavy (non-hydrogen) atoms. The van der Waals surface area contributed by atoms with Crippen molar-refractivity contribution in [3.05, 3.63) is 82.3 Å². The van der Waals surface area contributed by atoms with Gasteiger partial charge >= 0.3 is 0 Å². The Morgan fingerprint density at radius 1 is 0.935 bits per heavy atom. The first-order chi connectivity index (χ1) is 14.8. The summed E-state index contributed by atoms with van der Waals surface area (Å²) in [7, 11) is 0. The van der Waals surface area contributed by atoms with Crippen LogP contribution in [-0.4, -0.2) is 16.3 Å². The smallest absolute Gasteiger partial charge is 0.237 e. The summed E-state index contributed by atoms with van der Waals surface area (Å²) >= 11 is 18.9. The van der Waals surface area contributed by atoms with E-state index in [0.717, 1.165) is 16.3 Å². The van der Waals surface area contributed by atoms with Crippen molar-refractivity contribution in [2.45, 2.75) is 24.0 Å². The zero-order chi connectivity index (χ0) is 22.4. The summed E-state index contributed by atoms with van der Waals surface area (Å²) in [6.45, 7) is 3.88. The fourth-order valence-corrected chi connectivity index (χ4v) is 4.28. The van der Waals surface area contributed by atoms with Crippen molar-refractivity contribution in [3.8, 4) is 0 Å². The maximum Gasteiger partial charge on any atom is 0.237 e. The van der Waals surface area contributed by atoms with Crippen LogP contribution in [0.2, 0.25) is 10.0 Å². The summed E-state index contributed by atoms with van der Waals surface area (Å²) in [6, 6.07) is 20.7. The van der Waals surface area contributed by atoms with E-state index in [4.69, 9.17) is 35.4 Å². The molecule has 0 aliphatic heterocycles. The summed E-state index contributed by atoms with van der Waals surface area (Å²) < 4.78 is 0. The lowest BCUT2D eigenvalue weighted by molar-refractivity contribution is -0.115. The molecule has 0 saturated heterocycles. The highest BCUT2D eigenvalue weighted by atomic mass is 35.5. The molecule has 0 aliphatic carbocycles. The molecule has 8 heteroatoms. The Balaban J connectivity index is 1.58. The van der Waals surface area contributed by atoms with Gasteiger partial charge in [0.1, 0.15) is 0 Å². The van der Waals surface area contributed by atoms with Crippen LogP contribution in [0.1, 0.15) is 12.5 Å². The largest absolute Gasteiger partial charge is 0.332 e. The van der Waals surface area contributed by atoms with Crippen molar-refractivity contribution in [2.24, 2.45) is 0 Å². The Kier molecular flexibility index (Phi) is 8.21. The van der Waals surface area contributed by atoms with Crippen molar-refractivity contribution in [1.29, 1.82) is 0 Å². The molecule has 0 saturated carbocycles. The van der Waals surface area contributed by atoms with E-state index in [9.17, 15) is 4.79 Å². The lowest BCUT2D eigenvalue weighted by Gasteiger charge is -2.15. The van der Waals surface area contributed by atoms with E-state index in [2.05, 4.69) is 16.0 Å². The van der Waals surface area contributed by atoms with Gasteiger partial charge in [-0.3, -0.25) is 4.79 Å². The van der Waals surface area contributed by atoms with Crippen molar-refractivity contribution in [2.75, 3.05) is 16.0 Å². The molecule has 1 atom stereocenters. The van der Waals surface area contributed by atoms with Gasteiger partial charge in [0.25, 0.3) is 0 Å². The number of aryl methyl sites for hydroxylation is 1. The number of carbonyl (C=O) groups excluding carboxylic acids is 1. The van der Waals surface area contributed by atoms with Crippen molar-refractivity contribution < 1.29 is 4.79 Å². The van der Waals surface area contributed by atoms with Crippen LogP contribution in [0.15, 0.2) is 71.6 Å². The van der Waals surface area contributed by atoms with Crippen LogP contribution < -0.4 is 16.0 Å². The van der Waals surface area contributed by atoms with Gasteiger partial charge in [0.15, 0.2) is 5.11 Å². The van der Waals surface area contributed by atoms with Crippen LogP contribution in [0.3, 0.4) is 0 Å². The van der Waals surface area contributed by atoms with Crippen LogP contribution in [0.25, 0.3) is 0 Å². The maximum atomic E-state index is 12.6. The molecule has 0 aliphatic rings. The van der Waals surface area contributed by atoms with Crippen LogP contribution in [-0.2, 0) is 4.79 Å². The van der Waals surface area contributed by atoms with E-state index in [1.807, 2.05) is 62.4 Å². The minimum atomic E-state index is -0.334. The first-order valence-electron chi connectivity index (χ1n) is 9.47. The van der Waals surface area contributed by atoms with Crippen molar-refractivity contribution in [1.82, 2.24) is 0 Å². The first kappa shape index (κ1) is 23.4. The summed E-state index contributed by atoms with van der Waals surface area (Å²) in [5.74, 6) is -0.149. The average Bonchev–Trinajstić information content (AvgIpc) is 2.72. The number of benzene rings is 3. The summed E-state index contributed by atoms with van der Waals surface area (Å²) in [4.78, 5) is 13.5. The van der Waals surface area contributed by atoms with Crippen LogP contribution in [0.5, 0.6) is 0 Å². The predicted octanol–water partition coefficient (Wildman–Crippen LogP) is 7.23. The molecule has 0 heterocycles. The highest BCUT2D eigenvalue weighted by Crippen LogP contribution is 2.29. The Morgan fingerprint density at radius 2 is 1.65 bits per heavy atom. The molecule has 0 fully saturated rings. The molecule has 1 amide bonds. The molecule has 0 spiro atoms. The van der Waals surface area contributed by atoms with Gasteiger partial charge in [0.05, 0.1) is 16.0 Å². The van der Waals surface area contributed by atoms with Gasteiger partial charge in [-0.2, -0.15) is 0 Å². The second-order valence-corrected chi connectivity index (χ2v) is 9.51. The van der Waals surface area contributed by atoms with Gasteiger partial charge in [-0.05, 0) is 74.6 Å². The monoisotopic (exact) mass is 489 g/mol. The molecular formula is C23H21Cl2N3OS2. The molecule has 0 radical (unpaired) electrons. The fraction of sp³-hybridized carbons (Fsp3) is 0.130. The zero-order valence-electron chi connectivity index (χ0n) is 16.9. The Hall–Kier alpha value is -2.25. The second-order valence-electron chi connectivity index (χ2n) is 6.85. The number of carbonyl (C=O) groups is 1. The molecule has 1 unspecified atom stereocenters. The number of amides is 1. The molecule has 160 valence electrons. The summed E-state index contributed by atoms with van der Waals surface area (Å²) in [5, 5.41) is 10.3. The number of halogens is 2. The Morgan fingerprint density at radius 3 is 2.35 bits per heavy atom. The number of hydrogen-bond donors (Lipinski definition) is 3. The van der Waals surface area contributed by atoms with E-state index in [-0.39, 0.29) is 11.2 Å². The number of nitrogens with one attached hydrogen (secondary N) is 3. The van der Waals surface area contributed by atoms with E-state index in [1.165, 1.54) is 17.3 Å². The number of anilines is 3. The summed E-state index contributed by atoms with van der Waals surface area (Å²) in [6.07, 6.45) is 0. The fourth-order valence-electron chi connectivity index (χ4n) is 2.66. The third-order valence-electron chi connectivity index (χ3n) is 4.27. The van der Waals surface area contributed by atoms with Crippen LogP contribution in [0.4, 0.5) is 17.1 Å². The quantitative estimate of drug-likeness (QED) is 0.251. The minimum absolute atomic E-state index is 0.149. The van der Waals surface area contributed by atoms with Crippen molar-refractivity contribution >= 4 is 75.3 Å². The standard InChI is InChI=1S/C23H21Cl2N3OS2/c1-14-6-9-17(10-7-14)26-23(30)27-18-4-3-5-19(13-18)31-15(2)22(29)28-21-11-8-16(24)12-20(21)25/h3-13,15H,1-2H3,(H,28,29)(H2,26,27,30). The zero-order valence-corrected chi connectivity index (χ0v) is 20.1. The topological polar surface area (TPSA) is 53.2 Å². The van der Waals surface area contributed by atoms with E-state index in [0.29, 0.717) is 20.8 Å². The van der Waals surface area contributed by atoms with Gasteiger partial charge < -0.3 is 16.0 Å². The first-order valence-corrected chi connectivity index (χ1v) is 11.5. The Labute approximate surface area is 201 Å². The van der Waals surface area contributed by atoms with Gasteiger partial charge in [-0.15, -0.1) is 11.8 Å². The normalized spacial score (nSPS) is 11.5. The molecule has 4 nitrogen and oxygen atoms in total. The van der Waals surface area contributed by atoms with Gasteiger partial charge in [0.2, 0.25) is 5.91 Å². The van der Waals surface area contributed by atoms with Gasteiger partial charge in [0, 0.05) is 21.3 Å². The van der Waals surface area contributed by atoms with Gasteiger partial charge in [-0.1, -0.05) is 47.0 Å². The van der Waals surface area contributed by atoms with Crippen molar-refractivity contribution in [3.63, 3.8) is 0 Å². The third-order valence-corrected chi connectivity index (χ3v) is 6.12. The highest BCUT2D eigenvalue weighted by molar-refractivity contribution is 8.00. The van der Waals surface area contributed by atoms with Crippen LogP contribution >= 0.6 is 47.2 Å². The highest BCUT2D eigenvalue weighted by Gasteiger charge is 2.16. The number of thiocarbonyl (C=S) groups is 1. The van der Waals surface area contributed by atoms with E-state index in [1.54, 1.807) is 18.2 Å². The minimum Gasteiger partial charge on any atom is -0.332 e. The molecule has 3 aromatic rings. The number of thioether (sulfide) groups is 1. The maximum absolute atomic E-state index is 12.6. The van der Waals surface area contributed by atoms with E-state index < -0.39 is 0 Å². The summed E-state index contributed by atoms with van der Waals surface area (Å²) in [5.41, 5.74) is 3.47. The molecule has 0 bridgehead atoms. The number of rotatable bonds is 6. The SMILES string of the molecule is Cc1ccc(NC(=S)Nc2cccc(SC(C)C(=O)Nc3ccc(Cl)cc3Cl)c2)cc1. The molecular weight excluding hydrogens is 469 g/mol. The van der Waals surface area contributed by atoms with Gasteiger partial charge in [-0.25, -0.2) is 0 Å². The number of hydrogen-bond acceptors (Lipinski definition) is 3. The Bertz CT molecular complexity index is 1090.